The number of halogens is 2. The predicted molar refractivity (Wildman–Crippen MR) is 101 cm³/mol. The van der Waals surface area contributed by atoms with E-state index in [1.54, 1.807) is 10.9 Å². The van der Waals surface area contributed by atoms with Crippen LogP contribution in [0, 0.1) is 0 Å². The van der Waals surface area contributed by atoms with E-state index in [0.29, 0.717) is 11.6 Å². The van der Waals surface area contributed by atoms with Gasteiger partial charge >= 0.3 is 0 Å². The zero-order valence-electron chi connectivity index (χ0n) is 13.0. The lowest BCUT2D eigenvalue weighted by molar-refractivity contribution is 0.288. The van der Waals surface area contributed by atoms with Crippen molar-refractivity contribution in [2.24, 2.45) is 5.10 Å². The van der Waals surface area contributed by atoms with Gasteiger partial charge in [-0.15, -0.1) is 10.6 Å². The minimum Gasteiger partial charge on any atom is -0.266 e. The number of amidine groups is 1. The zero-order chi connectivity index (χ0) is 17.2. The van der Waals surface area contributed by atoms with Gasteiger partial charge in [-0.25, -0.2) is 10.2 Å². The van der Waals surface area contributed by atoms with Gasteiger partial charge in [-0.1, -0.05) is 51.8 Å². The maximum atomic E-state index is 6.25. The number of nitrogens with zero attached hydrogens (tertiary/aromatic N) is 4. The fourth-order valence-corrected chi connectivity index (χ4v) is 3.05. The number of hydrogen-bond donors (Lipinski definition) is 2. The third-order valence-electron chi connectivity index (χ3n) is 3.80. The highest BCUT2D eigenvalue weighted by Crippen LogP contribution is 2.20. The Hall–Kier alpha value is -2.35. The van der Waals surface area contributed by atoms with E-state index in [2.05, 4.69) is 49.3 Å². The smallest absolute Gasteiger partial charge is 0.176 e. The van der Waals surface area contributed by atoms with Crippen LogP contribution in [-0.4, -0.2) is 20.6 Å². The van der Waals surface area contributed by atoms with Crippen molar-refractivity contribution >= 4 is 33.4 Å². The summed E-state index contributed by atoms with van der Waals surface area (Å²) in [5.74, 6) is 0.765. The van der Waals surface area contributed by atoms with E-state index < -0.39 is 0 Å². The fourth-order valence-electron chi connectivity index (χ4n) is 2.57. The van der Waals surface area contributed by atoms with Crippen LogP contribution in [0.25, 0.3) is 5.69 Å². The van der Waals surface area contributed by atoms with Crippen LogP contribution in [0.15, 0.2) is 70.5 Å². The third kappa shape index (κ3) is 3.39. The first-order chi connectivity index (χ1) is 12.2. The number of para-hydroxylation sites is 1. The maximum absolute atomic E-state index is 6.25. The molecule has 8 heteroatoms. The Kier molecular flexibility index (Phi) is 4.44. The van der Waals surface area contributed by atoms with E-state index in [-0.39, 0.29) is 0 Å². The van der Waals surface area contributed by atoms with Crippen molar-refractivity contribution in [2.75, 3.05) is 0 Å². The van der Waals surface area contributed by atoms with Crippen LogP contribution in [0.1, 0.15) is 11.1 Å². The first kappa shape index (κ1) is 16.1. The van der Waals surface area contributed by atoms with E-state index in [9.17, 15) is 0 Å². The summed E-state index contributed by atoms with van der Waals surface area (Å²) < 4.78 is 2.80. The van der Waals surface area contributed by atoms with E-state index in [1.807, 2.05) is 47.6 Å². The Labute approximate surface area is 158 Å². The molecule has 4 rings (SSSR count). The number of benzene rings is 2. The van der Waals surface area contributed by atoms with Gasteiger partial charge in [-0.05, 0) is 29.8 Å². The van der Waals surface area contributed by atoms with Gasteiger partial charge in [0.2, 0.25) is 0 Å². The van der Waals surface area contributed by atoms with E-state index >= 15 is 0 Å². The van der Waals surface area contributed by atoms with Crippen LogP contribution in [0.5, 0.6) is 0 Å². The van der Waals surface area contributed by atoms with Crippen molar-refractivity contribution in [1.82, 2.24) is 25.9 Å². The molecule has 0 saturated heterocycles. The fraction of sp³-hybridized carbons (Fsp3) is 0.0588. The molecule has 2 N–H and O–H groups in total. The highest BCUT2D eigenvalue weighted by molar-refractivity contribution is 9.10. The molecule has 0 spiro atoms. The Balaban J connectivity index is 1.57. The first-order valence-electron chi connectivity index (χ1n) is 7.61. The Morgan fingerprint density at radius 3 is 2.68 bits per heavy atom. The van der Waals surface area contributed by atoms with Gasteiger partial charge in [0.05, 0.1) is 29.0 Å². The van der Waals surface area contributed by atoms with Crippen LogP contribution in [0.2, 0.25) is 5.02 Å². The van der Waals surface area contributed by atoms with Gasteiger partial charge in [0.15, 0.2) is 5.84 Å². The summed E-state index contributed by atoms with van der Waals surface area (Å²) in [6.07, 6.45) is 3.68. The summed E-state index contributed by atoms with van der Waals surface area (Å²) in [4.78, 5) is 0. The number of aromatic nitrogens is 2. The van der Waals surface area contributed by atoms with Gasteiger partial charge in [0, 0.05) is 10.7 Å². The molecule has 1 aromatic heterocycles. The summed E-state index contributed by atoms with van der Waals surface area (Å²) in [5.41, 5.74) is 8.71. The molecule has 0 amide bonds. The minimum atomic E-state index is 0.647. The van der Waals surface area contributed by atoms with Crippen LogP contribution in [-0.2, 0) is 6.54 Å². The van der Waals surface area contributed by atoms with E-state index in [1.165, 1.54) is 0 Å². The van der Waals surface area contributed by atoms with Crippen LogP contribution in [0.4, 0.5) is 0 Å². The molecule has 1 aliphatic heterocycles. The molecule has 1 aliphatic rings. The van der Waals surface area contributed by atoms with Crippen LogP contribution < -0.4 is 11.1 Å². The SMILES string of the molecule is Clc1ccccc1-n1cc(C2=NNNN2Cc2ccc(Br)cc2)cn1. The normalized spacial score (nSPS) is 13.7. The average Bonchev–Trinajstić information content (AvgIpc) is 3.26. The maximum Gasteiger partial charge on any atom is 0.176 e. The van der Waals surface area contributed by atoms with Crippen molar-refractivity contribution in [1.29, 1.82) is 0 Å². The molecule has 0 unspecified atom stereocenters. The summed E-state index contributed by atoms with van der Waals surface area (Å²) in [7, 11) is 0. The highest BCUT2D eigenvalue weighted by atomic mass is 79.9. The molecule has 0 saturated carbocycles. The average molecular weight is 418 g/mol. The number of nitrogens with one attached hydrogen (secondary N) is 2. The van der Waals surface area contributed by atoms with Gasteiger partial charge in [0.1, 0.15) is 0 Å². The Morgan fingerprint density at radius 2 is 1.88 bits per heavy atom. The number of hydrogen-bond acceptors (Lipinski definition) is 5. The molecule has 0 atom stereocenters. The largest absolute Gasteiger partial charge is 0.266 e. The Morgan fingerprint density at radius 1 is 1.08 bits per heavy atom. The lowest BCUT2D eigenvalue weighted by Gasteiger charge is -2.18. The highest BCUT2D eigenvalue weighted by Gasteiger charge is 2.21. The molecule has 0 aliphatic carbocycles. The lowest BCUT2D eigenvalue weighted by Crippen LogP contribution is -2.40. The summed E-state index contributed by atoms with van der Waals surface area (Å²) >= 11 is 9.70. The molecule has 0 bridgehead atoms. The summed E-state index contributed by atoms with van der Waals surface area (Å²) in [6, 6.07) is 15.8. The number of hydrazine groups is 2. The quantitative estimate of drug-likeness (QED) is 0.682. The van der Waals surface area contributed by atoms with Gasteiger partial charge in [-0.2, -0.15) is 5.10 Å². The molecule has 3 aromatic rings. The van der Waals surface area contributed by atoms with E-state index in [4.69, 9.17) is 11.6 Å². The summed E-state index contributed by atoms with van der Waals surface area (Å²) in [5, 5.41) is 11.3. The van der Waals surface area contributed by atoms with Gasteiger partial charge in [0.25, 0.3) is 0 Å². The molecule has 25 heavy (non-hydrogen) atoms. The first-order valence-corrected chi connectivity index (χ1v) is 8.78. The second kappa shape index (κ2) is 6.87. The molecule has 6 nitrogen and oxygen atoms in total. The second-order valence-corrected chi connectivity index (χ2v) is 6.82. The summed E-state index contributed by atoms with van der Waals surface area (Å²) in [6.45, 7) is 0.663. The number of rotatable bonds is 4. The standard InChI is InChI=1S/C17H14BrClN6/c18-14-7-5-12(6-8-14)10-25-17(21-22-23-25)13-9-20-24(11-13)16-4-2-1-3-15(16)19/h1-9,11,22-23H,10H2. The minimum absolute atomic E-state index is 0.647. The molecule has 0 fully saturated rings. The van der Waals surface area contributed by atoms with Crippen molar-refractivity contribution in [2.45, 2.75) is 6.54 Å². The molecule has 2 heterocycles. The second-order valence-electron chi connectivity index (χ2n) is 5.50. The third-order valence-corrected chi connectivity index (χ3v) is 4.64. The molecule has 2 aromatic carbocycles. The molecule has 0 radical (unpaired) electrons. The molecular formula is C17H14BrClN6. The van der Waals surface area contributed by atoms with Crippen molar-refractivity contribution in [3.8, 4) is 5.69 Å². The molecular weight excluding hydrogens is 404 g/mol. The van der Waals surface area contributed by atoms with Crippen molar-refractivity contribution in [3.05, 3.63) is 81.5 Å². The molecule has 126 valence electrons. The lowest BCUT2D eigenvalue weighted by atomic mass is 10.2. The van der Waals surface area contributed by atoms with Crippen LogP contribution in [0.3, 0.4) is 0 Å². The van der Waals surface area contributed by atoms with Gasteiger partial charge < -0.3 is 0 Å². The number of hydrazone groups is 1. The van der Waals surface area contributed by atoms with Gasteiger partial charge in [-0.3, -0.25) is 5.01 Å². The zero-order valence-corrected chi connectivity index (χ0v) is 15.4. The van der Waals surface area contributed by atoms with Crippen molar-refractivity contribution < 1.29 is 0 Å². The monoisotopic (exact) mass is 416 g/mol. The van der Waals surface area contributed by atoms with E-state index in [0.717, 1.165) is 27.1 Å². The van der Waals surface area contributed by atoms with Crippen molar-refractivity contribution in [3.63, 3.8) is 0 Å². The topological polar surface area (TPSA) is 57.5 Å². The van der Waals surface area contributed by atoms with Crippen LogP contribution >= 0.6 is 27.5 Å². The predicted octanol–water partition coefficient (Wildman–Crippen LogP) is 3.47. The Bertz CT molecular complexity index is 921.